The molecule has 0 aromatic heterocycles. The molecule has 1 N–H and O–H groups in total. The molecule has 102 valence electrons. The maximum atomic E-state index is 11.4. The van der Waals surface area contributed by atoms with E-state index in [0.717, 1.165) is 32.5 Å². The Kier molecular flexibility index (Phi) is 11.4. The van der Waals surface area contributed by atoms with Gasteiger partial charge in [-0.2, -0.15) is 0 Å². The van der Waals surface area contributed by atoms with Gasteiger partial charge in [0.2, 0.25) is 5.91 Å². The van der Waals surface area contributed by atoms with Gasteiger partial charge in [-0.25, -0.2) is 0 Å². The third-order valence-electron chi connectivity index (χ3n) is 2.50. The first-order chi connectivity index (χ1) is 8.22. The smallest absolute Gasteiger partial charge is 0.236 e. The van der Waals surface area contributed by atoms with Crippen LogP contribution in [0.1, 0.15) is 19.8 Å². The zero-order chi connectivity index (χ0) is 12.9. The molecule has 0 aliphatic carbocycles. The summed E-state index contributed by atoms with van der Waals surface area (Å²) in [7, 11) is 3.48. The lowest BCUT2D eigenvalue weighted by atomic mass is 10.3. The number of nitrogens with one attached hydrogen (secondary N) is 1. The highest BCUT2D eigenvalue weighted by Crippen LogP contribution is 1.89. The molecule has 0 bridgehead atoms. The number of carbonyl (C=O) groups excluding carboxylic acids is 1. The van der Waals surface area contributed by atoms with Crippen LogP contribution < -0.4 is 5.32 Å². The number of ether oxygens (including phenoxy) is 2. The fourth-order valence-corrected chi connectivity index (χ4v) is 1.21. The van der Waals surface area contributed by atoms with E-state index in [1.807, 2.05) is 14.0 Å². The summed E-state index contributed by atoms with van der Waals surface area (Å²) in [6.07, 6.45) is 2.03. The summed E-state index contributed by atoms with van der Waals surface area (Å²) in [5.41, 5.74) is 0. The normalized spacial score (nSPS) is 10.5. The number of likely N-dealkylation sites (N-methyl/N-ethyl adjacent to an activating group) is 1. The summed E-state index contributed by atoms with van der Waals surface area (Å²) in [5.74, 6) is 0.142. The average Bonchev–Trinajstić information content (AvgIpc) is 2.35. The van der Waals surface area contributed by atoms with Gasteiger partial charge in [-0.3, -0.25) is 4.79 Å². The van der Waals surface area contributed by atoms with Crippen molar-refractivity contribution in [3.63, 3.8) is 0 Å². The van der Waals surface area contributed by atoms with Gasteiger partial charge in [-0.05, 0) is 26.3 Å². The Bertz CT molecular complexity index is 189. The molecule has 0 atom stereocenters. The van der Waals surface area contributed by atoms with Crippen molar-refractivity contribution in [2.45, 2.75) is 19.8 Å². The van der Waals surface area contributed by atoms with Gasteiger partial charge in [0, 0.05) is 27.3 Å². The lowest BCUT2D eigenvalue weighted by Crippen LogP contribution is -2.35. The summed E-state index contributed by atoms with van der Waals surface area (Å²) >= 11 is 0. The van der Waals surface area contributed by atoms with Crippen molar-refractivity contribution in [2.75, 3.05) is 53.6 Å². The van der Waals surface area contributed by atoms with Crippen LogP contribution in [0, 0.1) is 0 Å². The Labute approximate surface area is 104 Å². The van der Waals surface area contributed by atoms with Crippen molar-refractivity contribution in [1.82, 2.24) is 10.2 Å². The molecule has 0 saturated carbocycles. The second-order valence-corrected chi connectivity index (χ2v) is 3.90. The van der Waals surface area contributed by atoms with E-state index in [2.05, 4.69) is 5.32 Å². The highest BCUT2D eigenvalue weighted by Gasteiger charge is 2.04. The van der Waals surface area contributed by atoms with Gasteiger partial charge >= 0.3 is 0 Å². The number of carbonyl (C=O) groups is 1. The van der Waals surface area contributed by atoms with Crippen LogP contribution in [-0.4, -0.2) is 64.4 Å². The molecule has 0 aliphatic heterocycles. The van der Waals surface area contributed by atoms with E-state index in [4.69, 9.17) is 9.47 Å². The second-order valence-electron chi connectivity index (χ2n) is 3.90. The number of nitrogens with zero attached hydrogens (tertiary/aromatic N) is 1. The van der Waals surface area contributed by atoms with Crippen LogP contribution in [-0.2, 0) is 14.3 Å². The van der Waals surface area contributed by atoms with Crippen LogP contribution in [0.5, 0.6) is 0 Å². The molecule has 0 radical (unpaired) electrons. The van der Waals surface area contributed by atoms with Crippen LogP contribution in [0.3, 0.4) is 0 Å². The Morgan fingerprint density at radius 1 is 1.24 bits per heavy atom. The first-order valence-corrected chi connectivity index (χ1v) is 6.23. The molecule has 0 aliphatic rings. The number of methoxy groups -OCH3 is 1. The zero-order valence-electron chi connectivity index (χ0n) is 11.3. The van der Waals surface area contributed by atoms with Crippen molar-refractivity contribution in [1.29, 1.82) is 0 Å². The fraction of sp³-hybridized carbons (Fsp3) is 0.917. The molecular weight excluding hydrogens is 220 g/mol. The third kappa shape index (κ3) is 10.2. The Morgan fingerprint density at radius 2 is 2.00 bits per heavy atom. The fourth-order valence-electron chi connectivity index (χ4n) is 1.21. The van der Waals surface area contributed by atoms with E-state index in [1.165, 1.54) is 0 Å². The van der Waals surface area contributed by atoms with Crippen LogP contribution in [0.2, 0.25) is 0 Å². The van der Waals surface area contributed by atoms with Gasteiger partial charge in [0.05, 0.1) is 19.8 Å². The molecule has 0 aromatic carbocycles. The second kappa shape index (κ2) is 11.8. The number of amides is 1. The number of unbranched alkanes of at least 4 members (excludes halogenated alkanes) is 1. The topological polar surface area (TPSA) is 50.8 Å². The Balaban J connectivity index is 3.16. The minimum Gasteiger partial charge on any atom is -0.382 e. The van der Waals surface area contributed by atoms with Gasteiger partial charge in [0.25, 0.3) is 0 Å². The zero-order valence-corrected chi connectivity index (χ0v) is 11.3. The van der Waals surface area contributed by atoms with Crippen molar-refractivity contribution >= 4 is 5.91 Å². The maximum absolute atomic E-state index is 11.4. The molecule has 0 saturated heterocycles. The first-order valence-electron chi connectivity index (χ1n) is 6.23. The highest BCUT2D eigenvalue weighted by molar-refractivity contribution is 5.77. The summed E-state index contributed by atoms with van der Waals surface area (Å²) in [4.78, 5) is 13.1. The van der Waals surface area contributed by atoms with Crippen molar-refractivity contribution < 1.29 is 14.3 Å². The monoisotopic (exact) mass is 246 g/mol. The number of hydrogen-bond donors (Lipinski definition) is 1. The minimum absolute atomic E-state index is 0.142. The molecule has 0 spiro atoms. The largest absolute Gasteiger partial charge is 0.382 e. The van der Waals surface area contributed by atoms with Crippen LogP contribution in [0.4, 0.5) is 0 Å². The average molecular weight is 246 g/mol. The molecule has 1 amide bonds. The number of rotatable bonds is 11. The molecule has 0 rings (SSSR count). The lowest BCUT2D eigenvalue weighted by molar-refractivity contribution is -0.128. The minimum atomic E-state index is 0.142. The van der Waals surface area contributed by atoms with E-state index in [9.17, 15) is 4.79 Å². The van der Waals surface area contributed by atoms with E-state index in [1.54, 1.807) is 12.0 Å². The van der Waals surface area contributed by atoms with Crippen molar-refractivity contribution in [3.05, 3.63) is 0 Å². The van der Waals surface area contributed by atoms with Crippen molar-refractivity contribution in [3.8, 4) is 0 Å². The predicted octanol–water partition coefficient (Wildman–Crippen LogP) is 0.498. The van der Waals surface area contributed by atoms with Crippen molar-refractivity contribution in [2.24, 2.45) is 0 Å². The lowest BCUT2D eigenvalue weighted by Gasteiger charge is -2.14. The van der Waals surface area contributed by atoms with Gasteiger partial charge in [0.1, 0.15) is 0 Å². The van der Waals surface area contributed by atoms with Gasteiger partial charge in [0.15, 0.2) is 0 Å². The van der Waals surface area contributed by atoms with Crippen LogP contribution >= 0.6 is 0 Å². The number of hydrogen-bond acceptors (Lipinski definition) is 4. The van der Waals surface area contributed by atoms with Gasteiger partial charge in [-0.15, -0.1) is 0 Å². The van der Waals surface area contributed by atoms with Crippen LogP contribution in [0.15, 0.2) is 0 Å². The molecule has 0 fully saturated rings. The summed E-state index contributed by atoms with van der Waals surface area (Å²) in [6, 6.07) is 0. The van der Waals surface area contributed by atoms with Gasteiger partial charge in [-0.1, -0.05) is 0 Å². The maximum Gasteiger partial charge on any atom is 0.236 e. The molecule has 5 heteroatoms. The summed E-state index contributed by atoms with van der Waals surface area (Å²) < 4.78 is 10.2. The summed E-state index contributed by atoms with van der Waals surface area (Å²) in [5, 5.41) is 3.13. The Morgan fingerprint density at radius 3 is 2.65 bits per heavy atom. The molecule has 17 heavy (non-hydrogen) atoms. The van der Waals surface area contributed by atoms with E-state index < -0.39 is 0 Å². The predicted molar refractivity (Wildman–Crippen MR) is 68.1 cm³/mol. The van der Waals surface area contributed by atoms with E-state index in [0.29, 0.717) is 19.8 Å². The first kappa shape index (κ1) is 16.4. The molecular formula is C12H26N2O3. The highest BCUT2D eigenvalue weighted by atomic mass is 16.5. The van der Waals surface area contributed by atoms with E-state index in [-0.39, 0.29) is 5.91 Å². The SMILES string of the molecule is CCN(C)C(=O)CNCCCCOCCOC. The summed E-state index contributed by atoms with van der Waals surface area (Å²) in [6.45, 7) is 6.07. The quantitative estimate of drug-likeness (QED) is 0.539. The van der Waals surface area contributed by atoms with Gasteiger partial charge < -0.3 is 19.7 Å². The molecule has 0 heterocycles. The molecule has 0 unspecified atom stereocenters. The molecule has 5 nitrogen and oxygen atoms in total. The Hall–Kier alpha value is -0.650. The van der Waals surface area contributed by atoms with Crippen LogP contribution in [0.25, 0.3) is 0 Å². The third-order valence-corrected chi connectivity index (χ3v) is 2.50. The standard InChI is InChI=1S/C12H26N2O3/c1-4-14(2)12(15)11-13-7-5-6-8-17-10-9-16-3/h13H,4-11H2,1-3H3. The van der Waals surface area contributed by atoms with E-state index >= 15 is 0 Å². The molecule has 0 aromatic rings.